The van der Waals surface area contributed by atoms with Crippen molar-refractivity contribution in [2.24, 2.45) is 5.73 Å². The molecule has 0 unspecified atom stereocenters. The van der Waals surface area contributed by atoms with Crippen molar-refractivity contribution < 1.29 is 14.7 Å². The van der Waals surface area contributed by atoms with E-state index in [0.29, 0.717) is 0 Å². The van der Waals surface area contributed by atoms with Gasteiger partial charge in [0.25, 0.3) is 0 Å². The van der Waals surface area contributed by atoms with E-state index in [2.05, 4.69) is 5.10 Å². The van der Waals surface area contributed by atoms with Crippen LogP contribution >= 0.6 is 0 Å². The molecule has 0 saturated carbocycles. The summed E-state index contributed by atoms with van der Waals surface area (Å²) in [5.41, 5.74) is 10.8. The molecule has 0 bridgehead atoms. The first kappa shape index (κ1) is 10.8. The summed E-state index contributed by atoms with van der Waals surface area (Å²) in [6, 6.07) is -0.820. The van der Waals surface area contributed by atoms with Crippen molar-refractivity contribution in [1.82, 2.24) is 9.78 Å². The highest BCUT2D eigenvalue weighted by Gasteiger charge is 2.17. The minimum absolute atomic E-state index is 0.171. The van der Waals surface area contributed by atoms with Crippen LogP contribution in [0.1, 0.15) is 0 Å². The Bertz CT molecular complexity index is 399. The first-order valence-corrected chi connectivity index (χ1v) is 3.99. The van der Waals surface area contributed by atoms with Crippen LogP contribution in [0.25, 0.3) is 0 Å². The van der Waals surface area contributed by atoms with Gasteiger partial charge in [0.15, 0.2) is 5.82 Å². The number of hydrogen-bond donors (Lipinski definition) is 3. The molecule has 0 radical (unpaired) electrons. The number of nitrogen functional groups attached to an aromatic ring is 1. The molecule has 1 aromatic rings. The number of carbonyl (C=O) groups is 2. The largest absolute Gasteiger partial charge is 0.480 e. The summed E-state index contributed by atoms with van der Waals surface area (Å²) >= 11 is 0. The maximum absolute atomic E-state index is 10.9. The number of carboxylic acids is 1. The summed E-state index contributed by atoms with van der Waals surface area (Å²) in [6.07, 6.45) is 1.23. The number of aromatic nitrogens is 2. The summed E-state index contributed by atoms with van der Waals surface area (Å²) in [7, 11) is 1.47. The minimum atomic E-state index is -1.05. The highest BCUT2D eigenvalue weighted by atomic mass is 16.4. The molecule has 0 atom stereocenters. The molecule has 0 aliphatic rings. The zero-order valence-corrected chi connectivity index (χ0v) is 8.04. The number of hydrogen-bond acceptors (Lipinski definition) is 5. The number of carboxylic acid groups (broad SMARTS) is 1. The van der Waals surface area contributed by atoms with Gasteiger partial charge in [-0.3, -0.25) is 4.79 Å². The van der Waals surface area contributed by atoms with Crippen molar-refractivity contribution in [3.05, 3.63) is 6.20 Å². The Hall–Kier alpha value is -2.25. The summed E-state index contributed by atoms with van der Waals surface area (Å²) in [4.78, 5) is 22.7. The van der Waals surface area contributed by atoms with Gasteiger partial charge in [-0.15, -0.1) is 0 Å². The third kappa shape index (κ3) is 2.16. The van der Waals surface area contributed by atoms with E-state index < -0.39 is 12.0 Å². The van der Waals surface area contributed by atoms with Crippen LogP contribution in [0.4, 0.5) is 16.3 Å². The van der Waals surface area contributed by atoms with E-state index in [1.807, 2.05) is 0 Å². The van der Waals surface area contributed by atoms with Gasteiger partial charge in [0, 0.05) is 7.05 Å². The lowest BCUT2D eigenvalue weighted by molar-refractivity contribution is -0.135. The highest BCUT2D eigenvalue weighted by molar-refractivity contribution is 5.83. The van der Waals surface area contributed by atoms with Gasteiger partial charge in [-0.05, 0) is 0 Å². The van der Waals surface area contributed by atoms with Gasteiger partial charge in [0.2, 0.25) is 0 Å². The number of anilines is 2. The predicted octanol–water partition coefficient (Wildman–Crippen LogP) is -1.09. The van der Waals surface area contributed by atoms with Gasteiger partial charge in [-0.1, -0.05) is 0 Å². The summed E-state index contributed by atoms with van der Waals surface area (Å²) < 4.78 is 0.846. The van der Waals surface area contributed by atoms with Gasteiger partial charge < -0.3 is 21.5 Å². The van der Waals surface area contributed by atoms with Crippen LogP contribution in [-0.2, 0) is 4.79 Å². The first-order valence-electron chi connectivity index (χ1n) is 3.99. The molecule has 15 heavy (non-hydrogen) atoms. The Labute approximate surface area is 85.1 Å². The standard InChI is InChI=1S/C7H11N5O3/c1-11(3-5(13)14)6-4(8)2-10-12(6)7(9)15/h2H,3,8H2,1H3,(H2,9,15)(H,13,14). The summed E-state index contributed by atoms with van der Waals surface area (Å²) in [6.45, 7) is -0.302. The highest BCUT2D eigenvalue weighted by Crippen LogP contribution is 2.20. The Kier molecular flexibility index (Phi) is 2.79. The zero-order valence-electron chi connectivity index (χ0n) is 8.04. The SMILES string of the molecule is CN(CC(=O)O)c1c(N)cnn1C(N)=O. The van der Waals surface area contributed by atoms with Crippen LogP contribution in [0, 0.1) is 0 Å². The molecule has 1 rings (SSSR count). The number of aliphatic carboxylic acids is 1. The number of nitrogens with zero attached hydrogens (tertiary/aromatic N) is 3. The van der Waals surface area contributed by atoms with Crippen molar-refractivity contribution >= 4 is 23.5 Å². The van der Waals surface area contributed by atoms with E-state index in [9.17, 15) is 9.59 Å². The van der Waals surface area contributed by atoms with Gasteiger partial charge in [0.05, 0.1) is 11.9 Å². The van der Waals surface area contributed by atoms with Crippen molar-refractivity contribution in [2.45, 2.75) is 0 Å². The lowest BCUT2D eigenvalue weighted by atomic mass is 10.4. The van der Waals surface area contributed by atoms with Crippen LogP contribution < -0.4 is 16.4 Å². The van der Waals surface area contributed by atoms with Crippen LogP contribution in [0.2, 0.25) is 0 Å². The lowest BCUT2D eigenvalue weighted by Crippen LogP contribution is -2.31. The molecule has 1 amide bonds. The Morgan fingerprint density at radius 2 is 2.27 bits per heavy atom. The molecule has 0 fully saturated rings. The molecular formula is C7H11N5O3. The molecule has 0 spiro atoms. The third-order valence-electron chi connectivity index (χ3n) is 1.71. The normalized spacial score (nSPS) is 9.93. The number of amides is 1. The van der Waals surface area contributed by atoms with Gasteiger partial charge in [-0.25, -0.2) is 4.79 Å². The fourth-order valence-corrected chi connectivity index (χ4v) is 1.18. The van der Waals surface area contributed by atoms with Crippen LogP contribution in [0.3, 0.4) is 0 Å². The van der Waals surface area contributed by atoms with Crippen molar-refractivity contribution in [2.75, 3.05) is 24.2 Å². The molecule has 0 saturated heterocycles. The van der Waals surface area contributed by atoms with E-state index in [-0.39, 0.29) is 18.1 Å². The topological polar surface area (TPSA) is 127 Å². The number of rotatable bonds is 3. The van der Waals surface area contributed by atoms with Crippen LogP contribution in [0.5, 0.6) is 0 Å². The molecule has 1 heterocycles. The maximum atomic E-state index is 10.9. The van der Waals surface area contributed by atoms with E-state index in [0.717, 1.165) is 4.68 Å². The van der Waals surface area contributed by atoms with Crippen molar-refractivity contribution in [3.8, 4) is 0 Å². The molecule has 0 aromatic carbocycles. The fourth-order valence-electron chi connectivity index (χ4n) is 1.18. The second-order valence-corrected chi connectivity index (χ2v) is 2.92. The minimum Gasteiger partial charge on any atom is -0.480 e. The second-order valence-electron chi connectivity index (χ2n) is 2.92. The average molecular weight is 213 g/mol. The molecule has 8 nitrogen and oxygen atoms in total. The maximum Gasteiger partial charge on any atom is 0.341 e. The average Bonchev–Trinajstić information content (AvgIpc) is 2.45. The Balaban J connectivity index is 3.05. The van der Waals surface area contributed by atoms with E-state index in [4.69, 9.17) is 16.6 Å². The van der Waals surface area contributed by atoms with Crippen LogP contribution in [0.15, 0.2) is 6.20 Å². The zero-order chi connectivity index (χ0) is 11.6. The molecule has 1 aromatic heterocycles. The number of nitrogens with two attached hydrogens (primary N) is 2. The molecule has 8 heteroatoms. The monoisotopic (exact) mass is 213 g/mol. The number of primary amides is 1. The number of carbonyl (C=O) groups excluding carboxylic acids is 1. The predicted molar refractivity (Wildman–Crippen MR) is 52.5 cm³/mol. The summed E-state index contributed by atoms with van der Waals surface area (Å²) in [5.74, 6) is -0.876. The van der Waals surface area contributed by atoms with E-state index >= 15 is 0 Å². The fraction of sp³-hybridized carbons (Fsp3) is 0.286. The third-order valence-corrected chi connectivity index (χ3v) is 1.71. The Morgan fingerprint density at radius 1 is 1.67 bits per heavy atom. The quantitative estimate of drug-likeness (QED) is 0.585. The van der Waals surface area contributed by atoms with Gasteiger partial charge in [-0.2, -0.15) is 9.78 Å². The van der Waals surface area contributed by atoms with Crippen molar-refractivity contribution in [1.29, 1.82) is 0 Å². The van der Waals surface area contributed by atoms with Crippen LogP contribution in [-0.4, -0.2) is 40.5 Å². The van der Waals surface area contributed by atoms with E-state index in [1.165, 1.54) is 18.1 Å². The smallest absolute Gasteiger partial charge is 0.341 e. The second kappa shape index (κ2) is 3.86. The lowest BCUT2D eigenvalue weighted by Gasteiger charge is -2.17. The van der Waals surface area contributed by atoms with Gasteiger partial charge >= 0.3 is 12.0 Å². The molecule has 0 aliphatic heterocycles. The molecule has 0 aliphatic carbocycles. The molecule has 5 N–H and O–H groups in total. The molecule has 82 valence electrons. The van der Waals surface area contributed by atoms with Crippen molar-refractivity contribution in [3.63, 3.8) is 0 Å². The number of likely N-dealkylation sites (N-methyl/N-ethyl adjacent to an activating group) is 1. The molecular weight excluding hydrogens is 202 g/mol. The van der Waals surface area contributed by atoms with E-state index in [1.54, 1.807) is 0 Å². The van der Waals surface area contributed by atoms with Gasteiger partial charge in [0.1, 0.15) is 6.54 Å². The summed E-state index contributed by atoms with van der Waals surface area (Å²) in [5, 5.41) is 12.2. The Morgan fingerprint density at radius 3 is 2.73 bits per heavy atom. The first-order chi connectivity index (χ1) is 6.93.